The number of amides is 13. The van der Waals surface area contributed by atoms with Crippen molar-refractivity contribution in [3.05, 3.63) is 71.9 Å². The first-order valence-electron chi connectivity index (χ1n) is 29.6. The van der Waals surface area contributed by atoms with Gasteiger partial charge in [0.15, 0.2) is 0 Å². The van der Waals surface area contributed by atoms with Crippen molar-refractivity contribution >= 4 is 93.7 Å². The summed E-state index contributed by atoms with van der Waals surface area (Å²) >= 11 is 0. The Kier molecular flexibility index (Phi) is 30.0. The van der Waals surface area contributed by atoms with Gasteiger partial charge in [0.1, 0.15) is 54.4 Å². The maximum Gasteiger partial charge on any atom is 0.326 e. The second-order valence-electron chi connectivity index (χ2n) is 23.8. The van der Waals surface area contributed by atoms with Crippen LogP contribution in [0.15, 0.2) is 60.8 Å². The van der Waals surface area contributed by atoms with Gasteiger partial charge in [-0.1, -0.05) is 104 Å². The van der Waals surface area contributed by atoms with E-state index in [0.717, 1.165) is 5.56 Å². The number of aromatic nitrogens is 1. The number of hydrogen-bond donors (Lipinski definition) is 16. The van der Waals surface area contributed by atoms with E-state index >= 15 is 0 Å². The molecule has 21 N–H and O–H groups in total. The average Bonchev–Trinajstić information content (AvgIpc) is 1.77. The van der Waals surface area contributed by atoms with Crippen molar-refractivity contribution < 1.29 is 72.2 Å². The van der Waals surface area contributed by atoms with E-state index in [-0.39, 0.29) is 49.9 Å². The van der Waals surface area contributed by atoms with Gasteiger partial charge in [0.2, 0.25) is 76.8 Å². The molecule has 2 aromatic carbocycles. The summed E-state index contributed by atoms with van der Waals surface area (Å²) < 4.78 is 0. The van der Waals surface area contributed by atoms with Crippen molar-refractivity contribution in [1.29, 1.82) is 0 Å². The standard InChI is InChI=1S/C60H89N15O15/c1-29(2)20-39(68-51(80)36(61)23-33-14-10-9-11-15-33)53(82)73-44(26-48(64)78)58(87)71-42(24-34-28-66-37-17-13-12-16-35(34)37)56(85)67-38(18-19-46(62)76)52(81)72-43(25-47(63)77)57(86)70-40(21-30(3)4)54(83)69-41(22-31(5)6)55(84)74-45(27-49(65)79)59(88)75-50(32(7)8)60(89)90/h9-17,28-32,36,38-45,50,66H,18-27,61H2,1-8H3,(H2,62,76)(H2,63,77)(H2,64,78)(H2,65,79)(H,67,85)(H,68,80)(H,69,83)(H,70,86)(H,71,87)(H,72,81)(H,73,82)(H,74,84)(H,75,88)(H,89,90)/t36-,38-,39-,40-,41-,42-,43-,44-,45-,50-/m0/s1. The molecule has 0 spiro atoms. The lowest BCUT2D eigenvalue weighted by Gasteiger charge is -2.29. The number of aromatic amines is 1. The van der Waals surface area contributed by atoms with Crippen LogP contribution in [0.4, 0.5) is 0 Å². The molecule has 0 radical (unpaired) electrons. The van der Waals surface area contributed by atoms with E-state index in [2.05, 4.69) is 52.8 Å². The number of carbonyl (C=O) groups is 14. The Bertz CT molecular complexity index is 3040. The smallest absolute Gasteiger partial charge is 0.326 e. The van der Waals surface area contributed by atoms with E-state index in [4.69, 9.17) is 28.7 Å². The van der Waals surface area contributed by atoms with E-state index in [0.29, 0.717) is 16.5 Å². The summed E-state index contributed by atoms with van der Waals surface area (Å²) in [5.74, 6) is -16.2. The number of rotatable bonds is 39. The number of hydrogen-bond acceptors (Lipinski definition) is 15. The molecule has 0 unspecified atom stereocenters. The zero-order valence-electron chi connectivity index (χ0n) is 52.0. The van der Waals surface area contributed by atoms with E-state index in [1.54, 1.807) is 102 Å². The summed E-state index contributed by atoms with van der Waals surface area (Å²) in [5, 5.41) is 32.4. The highest BCUT2D eigenvalue weighted by atomic mass is 16.4. The summed E-state index contributed by atoms with van der Waals surface area (Å²) in [7, 11) is 0. The summed E-state index contributed by atoms with van der Waals surface area (Å²) in [5.41, 5.74) is 30.1. The number of carboxylic acid groups (broad SMARTS) is 1. The Balaban J connectivity index is 1.98. The molecular weight excluding hydrogens is 1170 g/mol. The normalized spacial score (nSPS) is 14.6. The first-order chi connectivity index (χ1) is 42.1. The number of benzene rings is 2. The Labute approximate surface area is 521 Å². The van der Waals surface area contributed by atoms with Gasteiger partial charge >= 0.3 is 5.97 Å². The summed E-state index contributed by atoms with van der Waals surface area (Å²) in [4.78, 5) is 191. The van der Waals surface area contributed by atoms with Crippen molar-refractivity contribution in [3.63, 3.8) is 0 Å². The maximum absolute atomic E-state index is 14.7. The molecule has 0 saturated carbocycles. The van der Waals surface area contributed by atoms with E-state index in [9.17, 15) is 72.2 Å². The molecule has 13 amide bonds. The van der Waals surface area contributed by atoms with Gasteiger partial charge in [-0.15, -0.1) is 0 Å². The Morgan fingerprint density at radius 3 is 1.19 bits per heavy atom. The third-order valence-electron chi connectivity index (χ3n) is 14.0. The van der Waals surface area contributed by atoms with Gasteiger partial charge in [0.05, 0.1) is 25.3 Å². The largest absolute Gasteiger partial charge is 0.480 e. The molecule has 1 heterocycles. The molecule has 3 rings (SSSR count). The third-order valence-corrected chi connectivity index (χ3v) is 14.0. The highest BCUT2D eigenvalue weighted by molar-refractivity contribution is 6.01. The number of H-pyrrole nitrogens is 1. The van der Waals surface area contributed by atoms with Crippen LogP contribution in [-0.4, -0.2) is 153 Å². The molecule has 90 heavy (non-hydrogen) atoms. The first kappa shape index (κ1) is 74.8. The van der Waals surface area contributed by atoms with Gasteiger partial charge in [0, 0.05) is 29.9 Å². The molecular formula is C60H89N15O15. The number of nitrogens with one attached hydrogen (secondary N) is 10. The highest BCUT2D eigenvalue weighted by Crippen LogP contribution is 2.20. The van der Waals surface area contributed by atoms with Crippen LogP contribution in [-0.2, 0) is 80.0 Å². The molecule has 30 nitrogen and oxygen atoms in total. The predicted molar refractivity (Wildman–Crippen MR) is 328 cm³/mol. The molecule has 0 aliphatic heterocycles. The van der Waals surface area contributed by atoms with E-state index in [1.165, 1.54) is 13.8 Å². The Morgan fingerprint density at radius 2 is 0.778 bits per heavy atom. The maximum atomic E-state index is 14.7. The molecule has 30 heteroatoms. The van der Waals surface area contributed by atoms with Crippen molar-refractivity contribution in [2.24, 2.45) is 52.3 Å². The van der Waals surface area contributed by atoms with Crippen LogP contribution >= 0.6 is 0 Å². The molecule has 0 aliphatic carbocycles. The number of para-hydroxylation sites is 1. The minimum Gasteiger partial charge on any atom is -0.480 e. The number of nitrogens with two attached hydrogens (primary N) is 5. The molecule has 0 aliphatic rings. The van der Waals surface area contributed by atoms with Crippen LogP contribution < -0.4 is 76.5 Å². The first-order valence-corrected chi connectivity index (χ1v) is 29.6. The van der Waals surface area contributed by atoms with Gasteiger partial charge in [-0.2, -0.15) is 0 Å². The summed E-state index contributed by atoms with van der Waals surface area (Å²) in [6.45, 7) is 13.4. The highest BCUT2D eigenvalue weighted by Gasteiger charge is 2.38. The molecule has 10 atom stereocenters. The van der Waals surface area contributed by atoms with Crippen LogP contribution in [0.5, 0.6) is 0 Å². The monoisotopic (exact) mass is 1260 g/mol. The predicted octanol–water partition coefficient (Wildman–Crippen LogP) is -2.59. The lowest BCUT2D eigenvalue weighted by Crippen LogP contribution is -2.61. The number of primary amides is 4. The van der Waals surface area contributed by atoms with Gasteiger partial charge < -0.3 is 86.6 Å². The lowest BCUT2D eigenvalue weighted by molar-refractivity contribution is -0.143. The molecule has 0 saturated heterocycles. The van der Waals surface area contributed by atoms with Crippen LogP contribution in [0, 0.1) is 23.7 Å². The lowest BCUT2D eigenvalue weighted by atomic mass is 9.99. The second-order valence-corrected chi connectivity index (χ2v) is 23.8. The Morgan fingerprint density at radius 1 is 0.422 bits per heavy atom. The summed E-state index contributed by atoms with van der Waals surface area (Å²) in [6, 6.07) is 0.263. The Hall–Kier alpha value is -9.48. The fourth-order valence-electron chi connectivity index (χ4n) is 9.54. The van der Waals surface area contributed by atoms with Crippen molar-refractivity contribution in [2.75, 3.05) is 0 Å². The number of carboxylic acids is 1. The van der Waals surface area contributed by atoms with Gasteiger partial charge in [-0.3, -0.25) is 62.3 Å². The fraction of sp³-hybridized carbons (Fsp3) is 0.533. The molecule has 0 bridgehead atoms. The SMILES string of the molecule is CC(C)C[C@H](NC(=O)[C@H](CC(N)=O)NC(=O)[C@H](CCC(N)=O)NC(=O)[C@H](Cc1c[nH]c2ccccc12)NC(=O)[C@H](CC(N)=O)NC(=O)[C@H](CC(C)C)NC(=O)[C@@H](N)Cc1ccccc1)C(=O)N[C@@H](CC(C)C)C(=O)N[C@@H](CC(N)=O)C(=O)N[C@H](C(=O)O)C(C)C. The van der Waals surface area contributed by atoms with Crippen LogP contribution in [0.25, 0.3) is 10.9 Å². The second kappa shape index (κ2) is 36.1. The quantitative estimate of drug-likeness (QED) is 0.0279. The van der Waals surface area contributed by atoms with Gasteiger partial charge in [-0.05, 0) is 73.0 Å². The third kappa shape index (κ3) is 25.7. The minimum absolute atomic E-state index is 0.0566. The number of aliphatic carboxylic acids is 1. The van der Waals surface area contributed by atoms with E-state index in [1.807, 2.05) is 0 Å². The van der Waals surface area contributed by atoms with Gasteiger partial charge in [0.25, 0.3) is 0 Å². The zero-order valence-corrected chi connectivity index (χ0v) is 52.0. The number of carbonyl (C=O) groups excluding carboxylic acids is 13. The molecule has 0 fully saturated rings. The van der Waals surface area contributed by atoms with Crippen LogP contribution in [0.1, 0.15) is 118 Å². The minimum atomic E-state index is -1.89. The van der Waals surface area contributed by atoms with Gasteiger partial charge in [-0.25, -0.2) is 4.79 Å². The van der Waals surface area contributed by atoms with Crippen molar-refractivity contribution in [3.8, 4) is 0 Å². The van der Waals surface area contributed by atoms with Crippen molar-refractivity contribution in [2.45, 2.75) is 180 Å². The van der Waals surface area contributed by atoms with E-state index < -0.39 is 181 Å². The average molecular weight is 1260 g/mol. The zero-order chi connectivity index (χ0) is 67.7. The van der Waals surface area contributed by atoms with Crippen LogP contribution in [0.2, 0.25) is 0 Å². The van der Waals surface area contributed by atoms with Crippen molar-refractivity contribution in [1.82, 2.24) is 52.8 Å². The fourth-order valence-corrected chi connectivity index (χ4v) is 9.54. The number of fused-ring (bicyclic) bond motifs is 1. The molecule has 1 aromatic heterocycles. The topological polar surface area (TPSA) is 513 Å². The molecule has 494 valence electrons. The summed E-state index contributed by atoms with van der Waals surface area (Å²) in [6.07, 6.45) is -2.34. The molecule has 3 aromatic rings. The van der Waals surface area contributed by atoms with Crippen LogP contribution in [0.3, 0.4) is 0 Å².